The van der Waals surface area contributed by atoms with Gasteiger partial charge in [-0.2, -0.15) is 5.10 Å². The molecule has 4 heterocycles. The van der Waals surface area contributed by atoms with E-state index in [9.17, 15) is 9.90 Å². The van der Waals surface area contributed by atoms with Gasteiger partial charge in [-0.25, -0.2) is 4.98 Å². The van der Waals surface area contributed by atoms with Crippen LogP contribution in [0.2, 0.25) is 0 Å². The summed E-state index contributed by atoms with van der Waals surface area (Å²) in [7, 11) is 1.46. The Morgan fingerprint density at radius 2 is 2.16 bits per heavy atom. The average molecular weight is 337 g/mol. The lowest BCUT2D eigenvalue weighted by Crippen LogP contribution is -2.22. The number of carbonyl (C=O) groups excluding carboxylic acids is 1. The number of aryl methyl sites for hydroxylation is 1. The molecule has 0 saturated carbocycles. The molecule has 126 valence electrons. The van der Waals surface area contributed by atoms with Gasteiger partial charge in [0.1, 0.15) is 0 Å². The first kappa shape index (κ1) is 15.1. The number of methoxy groups -OCH3 is 1. The number of aromatic amines is 1. The topological polar surface area (TPSA) is 104 Å². The third-order valence-electron chi connectivity index (χ3n) is 4.20. The van der Waals surface area contributed by atoms with E-state index in [4.69, 9.17) is 4.74 Å². The summed E-state index contributed by atoms with van der Waals surface area (Å²) >= 11 is 0. The number of anilines is 1. The maximum absolute atomic E-state index is 12.7. The molecule has 0 spiro atoms. The molecule has 3 aromatic heterocycles. The van der Waals surface area contributed by atoms with Crippen molar-refractivity contribution in [1.29, 1.82) is 0 Å². The van der Waals surface area contributed by atoms with Crippen molar-refractivity contribution in [2.45, 2.75) is 13.5 Å². The quantitative estimate of drug-likeness (QED) is 0.758. The summed E-state index contributed by atoms with van der Waals surface area (Å²) < 4.78 is 5.10. The van der Waals surface area contributed by atoms with Crippen molar-refractivity contribution in [1.82, 2.24) is 20.2 Å². The largest absolute Gasteiger partial charge is 0.491 e. The molecule has 0 atom stereocenters. The lowest BCUT2D eigenvalue weighted by molar-refractivity contribution is 0.0996. The molecular weight excluding hydrogens is 322 g/mol. The van der Waals surface area contributed by atoms with Crippen LogP contribution in [-0.2, 0) is 6.54 Å². The Kier molecular flexibility index (Phi) is 3.38. The molecule has 8 nitrogen and oxygen atoms in total. The Balaban J connectivity index is 1.77. The number of nitrogens with zero attached hydrogens (tertiary/aromatic N) is 4. The summed E-state index contributed by atoms with van der Waals surface area (Å²) in [6.07, 6.45) is 4.81. The molecule has 0 saturated heterocycles. The summed E-state index contributed by atoms with van der Waals surface area (Å²) in [6.45, 7) is 2.26. The van der Waals surface area contributed by atoms with Gasteiger partial charge < -0.3 is 9.84 Å². The Morgan fingerprint density at radius 1 is 1.32 bits per heavy atom. The van der Waals surface area contributed by atoms with Crippen LogP contribution in [0.25, 0.3) is 11.3 Å². The molecule has 2 N–H and O–H groups in total. The highest BCUT2D eigenvalue weighted by atomic mass is 16.5. The van der Waals surface area contributed by atoms with Crippen molar-refractivity contribution < 1.29 is 14.6 Å². The van der Waals surface area contributed by atoms with Crippen LogP contribution in [0, 0.1) is 6.92 Å². The van der Waals surface area contributed by atoms with Gasteiger partial charge in [0.05, 0.1) is 42.5 Å². The summed E-state index contributed by atoms with van der Waals surface area (Å²) in [6, 6.07) is 3.50. The molecule has 0 aliphatic carbocycles. The number of H-pyrrole nitrogens is 1. The molecule has 1 amide bonds. The Morgan fingerprint density at radius 3 is 2.88 bits per heavy atom. The maximum atomic E-state index is 12.7. The Labute approximate surface area is 143 Å². The molecule has 0 fully saturated rings. The fourth-order valence-electron chi connectivity index (χ4n) is 2.98. The number of carbonyl (C=O) groups is 1. The molecule has 0 radical (unpaired) electrons. The minimum Gasteiger partial charge on any atom is -0.491 e. The van der Waals surface area contributed by atoms with Crippen LogP contribution in [0.1, 0.15) is 21.6 Å². The van der Waals surface area contributed by atoms with Crippen LogP contribution < -0.4 is 9.64 Å². The number of hydrogen-bond acceptors (Lipinski definition) is 6. The number of fused-ring (bicyclic) bond motifs is 1. The smallest absolute Gasteiger partial charge is 0.260 e. The summed E-state index contributed by atoms with van der Waals surface area (Å²) in [4.78, 5) is 22.9. The van der Waals surface area contributed by atoms with Gasteiger partial charge in [-0.3, -0.25) is 19.8 Å². The second-order valence-corrected chi connectivity index (χ2v) is 5.74. The van der Waals surface area contributed by atoms with Crippen LogP contribution in [0.5, 0.6) is 11.6 Å². The second kappa shape index (κ2) is 5.59. The highest BCUT2D eigenvalue weighted by Gasteiger charge is 2.32. The fraction of sp³-hybridized carbons (Fsp3) is 0.176. The van der Waals surface area contributed by atoms with Crippen LogP contribution >= 0.6 is 0 Å². The van der Waals surface area contributed by atoms with Crippen molar-refractivity contribution >= 4 is 11.6 Å². The van der Waals surface area contributed by atoms with Crippen LogP contribution in [-0.4, -0.2) is 38.3 Å². The van der Waals surface area contributed by atoms with Gasteiger partial charge >= 0.3 is 0 Å². The normalized spacial score (nSPS) is 13.2. The molecule has 0 unspecified atom stereocenters. The average Bonchev–Trinajstić information content (AvgIpc) is 3.23. The van der Waals surface area contributed by atoms with Crippen LogP contribution in [0.15, 0.2) is 30.7 Å². The fourth-order valence-corrected chi connectivity index (χ4v) is 2.98. The molecule has 1 aliphatic heterocycles. The molecule has 0 bridgehead atoms. The minimum atomic E-state index is -0.176. The van der Waals surface area contributed by atoms with Gasteiger partial charge in [-0.05, 0) is 24.6 Å². The van der Waals surface area contributed by atoms with E-state index >= 15 is 0 Å². The predicted molar refractivity (Wildman–Crippen MR) is 89.5 cm³/mol. The van der Waals surface area contributed by atoms with Gasteiger partial charge in [0.25, 0.3) is 11.8 Å². The van der Waals surface area contributed by atoms with Gasteiger partial charge in [0.2, 0.25) is 0 Å². The van der Waals surface area contributed by atoms with Crippen molar-refractivity contribution in [3.63, 3.8) is 0 Å². The third kappa shape index (κ3) is 2.38. The zero-order chi connectivity index (χ0) is 17.6. The summed E-state index contributed by atoms with van der Waals surface area (Å²) in [5.41, 5.74) is 4.23. The minimum absolute atomic E-state index is 0.0886. The van der Waals surface area contributed by atoms with E-state index in [-0.39, 0.29) is 17.5 Å². The van der Waals surface area contributed by atoms with Crippen molar-refractivity contribution in [3.8, 4) is 22.9 Å². The molecule has 0 aromatic carbocycles. The van der Waals surface area contributed by atoms with Crippen molar-refractivity contribution in [2.75, 3.05) is 12.0 Å². The number of pyridine rings is 2. The number of aromatic nitrogens is 4. The van der Waals surface area contributed by atoms with E-state index in [0.29, 0.717) is 34.7 Å². The molecule has 1 aliphatic rings. The Bertz CT molecular complexity index is 969. The third-order valence-corrected chi connectivity index (χ3v) is 4.20. The van der Waals surface area contributed by atoms with Gasteiger partial charge in [-0.15, -0.1) is 0 Å². The zero-order valence-electron chi connectivity index (χ0n) is 13.6. The number of rotatable bonds is 3. The number of aromatic hydroxyl groups is 1. The number of amides is 1. The van der Waals surface area contributed by atoms with Crippen molar-refractivity contribution in [3.05, 3.63) is 47.5 Å². The SMILES string of the molecule is COc1cc(-c2cc(C)c3c(n2)CN(c2cn[nH]c2)C3=O)cnc1O. The highest BCUT2D eigenvalue weighted by molar-refractivity contribution is 6.10. The van der Waals surface area contributed by atoms with E-state index in [2.05, 4.69) is 20.2 Å². The molecule has 8 heteroatoms. The maximum Gasteiger partial charge on any atom is 0.260 e. The first-order valence-electron chi connectivity index (χ1n) is 7.63. The van der Waals surface area contributed by atoms with E-state index in [1.54, 1.807) is 23.4 Å². The molecule has 4 rings (SSSR count). The zero-order valence-corrected chi connectivity index (χ0v) is 13.6. The van der Waals surface area contributed by atoms with E-state index in [1.165, 1.54) is 13.3 Å². The Hall–Kier alpha value is -3.42. The predicted octanol–water partition coefficient (Wildman–Crippen LogP) is 2.05. The molecule has 25 heavy (non-hydrogen) atoms. The first-order valence-corrected chi connectivity index (χ1v) is 7.63. The van der Waals surface area contributed by atoms with Gasteiger partial charge in [-0.1, -0.05) is 0 Å². The standard InChI is InChI=1S/C17H15N5O3/c1-9-3-12(10-4-14(25-2)16(23)18-5-10)21-13-8-22(17(24)15(9)13)11-6-19-20-7-11/h3-7H,8H2,1-2H3,(H,18,23)(H,19,20). The lowest BCUT2D eigenvalue weighted by atomic mass is 10.1. The van der Waals surface area contributed by atoms with Gasteiger partial charge in [0.15, 0.2) is 5.75 Å². The molecular formula is C17H15N5O3. The van der Waals surface area contributed by atoms with Crippen molar-refractivity contribution in [2.24, 2.45) is 0 Å². The van der Waals surface area contributed by atoms with E-state index in [1.807, 2.05) is 13.0 Å². The highest BCUT2D eigenvalue weighted by Crippen LogP contribution is 2.33. The number of nitrogens with one attached hydrogen (secondary N) is 1. The van der Waals surface area contributed by atoms with Gasteiger partial charge in [0, 0.05) is 18.0 Å². The number of hydrogen-bond donors (Lipinski definition) is 2. The van der Waals surface area contributed by atoms with E-state index in [0.717, 1.165) is 5.56 Å². The second-order valence-electron chi connectivity index (χ2n) is 5.74. The summed E-state index contributed by atoms with van der Waals surface area (Å²) in [5.74, 6) is 0.00774. The lowest BCUT2D eigenvalue weighted by Gasteiger charge is -2.11. The van der Waals surface area contributed by atoms with Crippen LogP contribution in [0.4, 0.5) is 5.69 Å². The van der Waals surface area contributed by atoms with Crippen LogP contribution in [0.3, 0.4) is 0 Å². The first-order chi connectivity index (χ1) is 12.1. The molecule has 3 aromatic rings. The van der Waals surface area contributed by atoms with E-state index < -0.39 is 0 Å². The monoisotopic (exact) mass is 337 g/mol. The summed E-state index contributed by atoms with van der Waals surface area (Å²) in [5, 5.41) is 16.3. The number of ether oxygens (including phenoxy) is 1.